The summed E-state index contributed by atoms with van der Waals surface area (Å²) in [6.07, 6.45) is 0.538. The van der Waals surface area contributed by atoms with Crippen molar-refractivity contribution in [1.82, 2.24) is 4.98 Å². The van der Waals surface area contributed by atoms with Crippen LogP contribution in [0.5, 0.6) is 0 Å². The number of rotatable bonds is 2. The van der Waals surface area contributed by atoms with E-state index < -0.39 is 0 Å². The smallest absolute Gasteiger partial charge is 0.229 e. The van der Waals surface area contributed by atoms with Gasteiger partial charge in [-0.25, -0.2) is 4.98 Å². The maximum atomic E-state index is 11.9. The van der Waals surface area contributed by atoms with Crippen molar-refractivity contribution < 1.29 is 4.79 Å². The summed E-state index contributed by atoms with van der Waals surface area (Å²) in [5.74, 6) is 0.389. The molecule has 6 heteroatoms. The van der Waals surface area contributed by atoms with E-state index in [0.29, 0.717) is 19.5 Å². The van der Waals surface area contributed by atoms with Gasteiger partial charge in [0.25, 0.3) is 0 Å². The molecule has 18 heavy (non-hydrogen) atoms. The molecule has 94 valence electrons. The molecule has 0 spiro atoms. The first-order valence-corrected chi connectivity index (χ1v) is 7.35. The molecule has 1 aromatic carbocycles. The van der Waals surface area contributed by atoms with Crippen molar-refractivity contribution in [3.8, 4) is 0 Å². The first-order valence-electron chi connectivity index (χ1n) is 5.74. The molecule has 0 bridgehead atoms. The highest BCUT2D eigenvalue weighted by atomic mass is 79.9. The molecule has 0 saturated carbocycles. The van der Waals surface area contributed by atoms with Crippen LogP contribution in [0.3, 0.4) is 0 Å². The number of hydrogen-bond acceptors (Lipinski definition) is 4. The van der Waals surface area contributed by atoms with Crippen LogP contribution in [-0.4, -0.2) is 24.0 Å². The summed E-state index contributed by atoms with van der Waals surface area (Å²) >= 11 is 4.98. The van der Waals surface area contributed by atoms with E-state index in [-0.39, 0.29) is 11.8 Å². The first kappa shape index (κ1) is 12.1. The third-order valence-corrected chi connectivity index (χ3v) is 4.66. The van der Waals surface area contributed by atoms with Crippen LogP contribution in [0.4, 0.5) is 5.13 Å². The van der Waals surface area contributed by atoms with Crippen molar-refractivity contribution in [1.29, 1.82) is 0 Å². The zero-order chi connectivity index (χ0) is 12.7. The largest absolute Gasteiger partial charge is 0.330 e. The lowest BCUT2D eigenvalue weighted by Crippen LogP contribution is -2.25. The third-order valence-electron chi connectivity index (χ3n) is 3.11. The average Bonchev–Trinajstić information content (AvgIpc) is 2.91. The second-order valence-electron chi connectivity index (χ2n) is 4.42. The van der Waals surface area contributed by atoms with Crippen molar-refractivity contribution in [3.05, 3.63) is 22.7 Å². The van der Waals surface area contributed by atoms with Crippen molar-refractivity contribution >= 4 is 48.5 Å². The molecule has 1 saturated heterocycles. The van der Waals surface area contributed by atoms with Crippen LogP contribution in [0, 0.1) is 5.92 Å². The minimum absolute atomic E-state index is 0.128. The maximum absolute atomic E-state index is 11.9. The minimum Gasteiger partial charge on any atom is -0.330 e. The molecule has 3 rings (SSSR count). The van der Waals surface area contributed by atoms with Crippen LogP contribution in [0.25, 0.3) is 10.2 Å². The molecule has 4 nitrogen and oxygen atoms in total. The number of benzene rings is 1. The molecule has 2 heterocycles. The van der Waals surface area contributed by atoms with Crippen LogP contribution >= 0.6 is 27.3 Å². The summed E-state index contributed by atoms with van der Waals surface area (Å²) in [5.41, 5.74) is 6.55. The van der Waals surface area contributed by atoms with Crippen LogP contribution < -0.4 is 10.6 Å². The van der Waals surface area contributed by atoms with Gasteiger partial charge < -0.3 is 5.73 Å². The fourth-order valence-corrected chi connectivity index (χ4v) is 3.45. The Labute approximate surface area is 117 Å². The molecule has 1 fully saturated rings. The molecule has 2 N–H and O–H groups in total. The summed E-state index contributed by atoms with van der Waals surface area (Å²) < 4.78 is 2.09. The number of halogens is 1. The normalized spacial score (nSPS) is 20.0. The number of nitrogens with two attached hydrogens (primary N) is 1. The maximum Gasteiger partial charge on any atom is 0.229 e. The highest BCUT2D eigenvalue weighted by Crippen LogP contribution is 2.33. The highest BCUT2D eigenvalue weighted by Gasteiger charge is 2.31. The van der Waals surface area contributed by atoms with Gasteiger partial charge in [-0.3, -0.25) is 9.69 Å². The predicted octanol–water partition coefficient (Wildman–Crippen LogP) is 2.37. The van der Waals surface area contributed by atoms with Crippen molar-refractivity contribution in [3.63, 3.8) is 0 Å². The van der Waals surface area contributed by atoms with Crippen molar-refractivity contribution in [2.75, 3.05) is 18.0 Å². The van der Waals surface area contributed by atoms with E-state index in [9.17, 15) is 4.79 Å². The number of fused-ring (bicyclic) bond motifs is 1. The number of nitrogens with zero attached hydrogens (tertiary/aromatic N) is 2. The number of aromatic nitrogens is 1. The van der Waals surface area contributed by atoms with E-state index >= 15 is 0 Å². The molecule has 1 unspecified atom stereocenters. The molecule has 1 aliphatic heterocycles. The molecule has 2 aromatic rings. The number of amides is 1. The zero-order valence-electron chi connectivity index (χ0n) is 9.60. The molecular weight excluding hydrogens is 314 g/mol. The Morgan fingerprint density at radius 3 is 3.11 bits per heavy atom. The lowest BCUT2D eigenvalue weighted by molar-refractivity contribution is -0.117. The fourth-order valence-electron chi connectivity index (χ4n) is 2.13. The molecule has 1 aliphatic rings. The molecule has 1 aromatic heterocycles. The number of hydrogen-bond donors (Lipinski definition) is 1. The lowest BCUT2D eigenvalue weighted by atomic mass is 10.1. The van der Waals surface area contributed by atoms with E-state index in [1.807, 2.05) is 18.2 Å². The minimum atomic E-state index is 0.128. The number of thiazole rings is 1. The van der Waals surface area contributed by atoms with Gasteiger partial charge in [0, 0.05) is 17.4 Å². The highest BCUT2D eigenvalue weighted by molar-refractivity contribution is 9.10. The van der Waals surface area contributed by atoms with Crippen molar-refractivity contribution in [2.45, 2.75) is 6.42 Å². The molecule has 1 amide bonds. The summed E-state index contributed by atoms with van der Waals surface area (Å²) in [6, 6.07) is 5.97. The van der Waals surface area contributed by atoms with E-state index in [0.717, 1.165) is 19.8 Å². The van der Waals surface area contributed by atoms with Crippen LogP contribution in [0.2, 0.25) is 0 Å². The van der Waals surface area contributed by atoms with E-state index in [2.05, 4.69) is 20.9 Å². The van der Waals surface area contributed by atoms with Gasteiger partial charge in [-0.15, -0.1) is 0 Å². The van der Waals surface area contributed by atoms with Gasteiger partial charge in [0.15, 0.2) is 5.13 Å². The lowest BCUT2D eigenvalue weighted by Gasteiger charge is -2.11. The average molecular weight is 326 g/mol. The number of carbonyl (C=O) groups is 1. The van der Waals surface area contributed by atoms with Crippen LogP contribution in [0.1, 0.15) is 6.42 Å². The third kappa shape index (κ3) is 2.04. The second-order valence-corrected chi connectivity index (χ2v) is 6.34. The fraction of sp³-hybridized carbons (Fsp3) is 0.333. The van der Waals surface area contributed by atoms with Gasteiger partial charge in [-0.05, 0) is 30.7 Å². The summed E-state index contributed by atoms with van der Waals surface area (Å²) in [4.78, 5) is 18.2. The predicted molar refractivity (Wildman–Crippen MR) is 76.8 cm³/mol. The number of carbonyl (C=O) groups excluding carboxylic acids is 1. The van der Waals surface area contributed by atoms with Gasteiger partial charge in [0.2, 0.25) is 5.91 Å². The Morgan fingerprint density at radius 2 is 2.39 bits per heavy atom. The van der Waals surface area contributed by atoms with Crippen molar-refractivity contribution in [2.24, 2.45) is 11.7 Å². The molecular formula is C12H12BrN3OS. The quantitative estimate of drug-likeness (QED) is 0.922. The topological polar surface area (TPSA) is 59.2 Å². The van der Waals surface area contributed by atoms with Gasteiger partial charge in [-0.1, -0.05) is 27.3 Å². The monoisotopic (exact) mass is 325 g/mol. The van der Waals surface area contributed by atoms with E-state index in [4.69, 9.17) is 5.73 Å². The SMILES string of the molecule is NCC1CC(=O)N(c2nc3cc(Br)ccc3s2)C1. The molecule has 1 atom stereocenters. The summed E-state index contributed by atoms with van der Waals surface area (Å²) in [5, 5.41) is 0.782. The first-order chi connectivity index (χ1) is 8.67. The Balaban J connectivity index is 1.97. The van der Waals surface area contributed by atoms with Crippen LogP contribution in [0.15, 0.2) is 22.7 Å². The Bertz CT molecular complexity index is 612. The zero-order valence-corrected chi connectivity index (χ0v) is 12.0. The van der Waals surface area contributed by atoms with Gasteiger partial charge in [0.05, 0.1) is 10.2 Å². The standard InChI is InChI=1S/C12H12BrN3OS/c13-8-1-2-10-9(4-8)15-12(18-10)16-6-7(5-14)3-11(16)17/h1-2,4,7H,3,5-6,14H2. The number of anilines is 1. The Hall–Kier alpha value is -0.980. The van der Waals surface area contributed by atoms with Gasteiger partial charge in [0.1, 0.15) is 0 Å². The Morgan fingerprint density at radius 1 is 1.56 bits per heavy atom. The Kier molecular flexibility index (Phi) is 3.09. The summed E-state index contributed by atoms with van der Waals surface area (Å²) in [6.45, 7) is 1.25. The van der Waals surface area contributed by atoms with E-state index in [1.54, 1.807) is 16.2 Å². The van der Waals surface area contributed by atoms with E-state index in [1.165, 1.54) is 0 Å². The second kappa shape index (κ2) is 4.60. The van der Waals surface area contributed by atoms with Crippen LogP contribution in [-0.2, 0) is 4.79 Å². The summed E-state index contributed by atoms with van der Waals surface area (Å²) in [7, 11) is 0. The molecule has 0 radical (unpaired) electrons. The molecule has 0 aliphatic carbocycles. The van der Waals surface area contributed by atoms with Gasteiger partial charge >= 0.3 is 0 Å². The van der Waals surface area contributed by atoms with Gasteiger partial charge in [-0.2, -0.15) is 0 Å².